The van der Waals surface area contributed by atoms with Gasteiger partial charge < -0.3 is 10.1 Å². The SMILES string of the molecule is O=C1NC(c2ccc(Cl)cc2)C(c2ccc(Cl)cc2)OC1Cc1ccc(F)cc1. The van der Waals surface area contributed by atoms with E-state index < -0.39 is 12.2 Å². The van der Waals surface area contributed by atoms with Crippen LogP contribution in [0.5, 0.6) is 0 Å². The van der Waals surface area contributed by atoms with Gasteiger partial charge in [-0.3, -0.25) is 4.79 Å². The van der Waals surface area contributed by atoms with Crippen LogP contribution in [0.3, 0.4) is 0 Å². The summed E-state index contributed by atoms with van der Waals surface area (Å²) >= 11 is 12.1. The molecule has 0 radical (unpaired) electrons. The number of ether oxygens (including phenoxy) is 1. The smallest absolute Gasteiger partial charge is 0.250 e. The molecule has 0 bridgehead atoms. The number of benzene rings is 3. The Morgan fingerprint density at radius 3 is 1.97 bits per heavy atom. The van der Waals surface area contributed by atoms with Crippen LogP contribution in [0.25, 0.3) is 0 Å². The standard InChI is InChI=1S/C23H18Cl2FNO2/c24-17-7-3-15(4-8-17)21-22(16-5-9-18(25)10-6-16)29-20(23(28)27-21)13-14-1-11-19(26)12-2-14/h1-12,20-22H,13H2,(H,27,28). The van der Waals surface area contributed by atoms with Gasteiger partial charge in [0.25, 0.3) is 0 Å². The molecule has 3 atom stereocenters. The van der Waals surface area contributed by atoms with Gasteiger partial charge in [-0.1, -0.05) is 59.6 Å². The molecule has 0 aromatic heterocycles. The van der Waals surface area contributed by atoms with E-state index in [9.17, 15) is 9.18 Å². The zero-order chi connectivity index (χ0) is 20.4. The first-order valence-electron chi connectivity index (χ1n) is 9.21. The van der Waals surface area contributed by atoms with Gasteiger partial charge in [0.15, 0.2) is 0 Å². The van der Waals surface area contributed by atoms with Crippen molar-refractivity contribution in [1.29, 1.82) is 0 Å². The Bertz CT molecular complexity index is 991. The van der Waals surface area contributed by atoms with Crippen LogP contribution in [-0.2, 0) is 16.0 Å². The van der Waals surface area contributed by atoms with Gasteiger partial charge in [-0.15, -0.1) is 0 Å². The molecule has 1 saturated heterocycles. The van der Waals surface area contributed by atoms with Gasteiger partial charge in [-0.25, -0.2) is 4.39 Å². The van der Waals surface area contributed by atoms with E-state index in [4.69, 9.17) is 27.9 Å². The second-order valence-electron chi connectivity index (χ2n) is 6.97. The lowest BCUT2D eigenvalue weighted by Crippen LogP contribution is -2.48. The summed E-state index contributed by atoms with van der Waals surface area (Å²) < 4.78 is 19.5. The molecule has 4 rings (SSSR count). The van der Waals surface area contributed by atoms with Gasteiger partial charge >= 0.3 is 0 Å². The predicted octanol–water partition coefficient (Wildman–Crippen LogP) is 5.67. The average molecular weight is 430 g/mol. The molecule has 3 unspecified atom stereocenters. The van der Waals surface area contributed by atoms with Crippen molar-refractivity contribution >= 4 is 29.1 Å². The minimum Gasteiger partial charge on any atom is -0.358 e. The van der Waals surface area contributed by atoms with E-state index in [0.717, 1.165) is 16.7 Å². The highest BCUT2D eigenvalue weighted by Crippen LogP contribution is 2.37. The molecule has 3 aromatic carbocycles. The first-order valence-corrected chi connectivity index (χ1v) is 9.96. The van der Waals surface area contributed by atoms with Crippen molar-refractivity contribution in [1.82, 2.24) is 5.32 Å². The molecule has 1 amide bonds. The lowest BCUT2D eigenvalue weighted by atomic mass is 9.92. The molecule has 1 N–H and O–H groups in total. The van der Waals surface area contributed by atoms with Crippen LogP contribution in [0, 0.1) is 5.82 Å². The highest BCUT2D eigenvalue weighted by molar-refractivity contribution is 6.30. The number of halogens is 3. The zero-order valence-corrected chi connectivity index (χ0v) is 16.8. The Hall–Kier alpha value is -2.40. The van der Waals surface area contributed by atoms with E-state index in [2.05, 4.69) is 5.32 Å². The molecule has 6 heteroatoms. The zero-order valence-electron chi connectivity index (χ0n) is 15.3. The molecule has 1 aliphatic rings. The van der Waals surface area contributed by atoms with E-state index in [1.807, 2.05) is 24.3 Å². The van der Waals surface area contributed by atoms with E-state index in [1.165, 1.54) is 12.1 Å². The third kappa shape index (κ3) is 4.61. The monoisotopic (exact) mass is 429 g/mol. The summed E-state index contributed by atoms with van der Waals surface area (Å²) in [6, 6.07) is 20.4. The van der Waals surface area contributed by atoms with Crippen LogP contribution in [0.2, 0.25) is 10.0 Å². The van der Waals surface area contributed by atoms with Crippen molar-refractivity contribution in [2.75, 3.05) is 0 Å². The van der Waals surface area contributed by atoms with E-state index in [1.54, 1.807) is 36.4 Å². The summed E-state index contributed by atoms with van der Waals surface area (Å²) in [6.07, 6.45) is -0.745. The van der Waals surface area contributed by atoms with Crippen LogP contribution in [0.15, 0.2) is 72.8 Å². The average Bonchev–Trinajstić information content (AvgIpc) is 2.72. The van der Waals surface area contributed by atoms with Crippen LogP contribution in [0.4, 0.5) is 4.39 Å². The Morgan fingerprint density at radius 2 is 1.38 bits per heavy atom. The lowest BCUT2D eigenvalue weighted by Gasteiger charge is -2.37. The number of carbonyl (C=O) groups excluding carboxylic acids is 1. The number of carbonyl (C=O) groups is 1. The molecule has 0 saturated carbocycles. The molecule has 3 aromatic rings. The number of hydrogen-bond acceptors (Lipinski definition) is 2. The van der Waals surface area contributed by atoms with Crippen molar-refractivity contribution in [3.8, 4) is 0 Å². The molecule has 1 heterocycles. The van der Waals surface area contributed by atoms with E-state index >= 15 is 0 Å². The first-order chi connectivity index (χ1) is 14.0. The van der Waals surface area contributed by atoms with Crippen molar-refractivity contribution in [3.05, 3.63) is 105 Å². The lowest BCUT2D eigenvalue weighted by molar-refractivity contribution is -0.150. The molecular formula is C23H18Cl2FNO2. The third-order valence-electron chi connectivity index (χ3n) is 4.97. The summed E-state index contributed by atoms with van der Waals surface area (Å²) in [5, 5.41) is 4.33. The quantitative estimate of drug-likeness (QED) is 0.579. The minimum absolute atomic E-state index is 0.209. The van der Waals surface area contributed by atoms with Crippen molar-refractivity contribution in [3.63, 3.8) is 0 Å². The molecule has 0 spiro atoms. The highest BCUT2D eigenvalue weighted by atomic mass is 35.5. The van der Waals surface area contributed by atoms with Crippen LogP contribution in [-0.4, -0.2) is 12.0 Å². The fourth-order valence-corrected chi connectivity index (χ4v) is 3.72. The van der Waals surface area contributed by atoms with Crippen molar-refractivity contribution in [2.45, 2.75) is 24.7 Å². The summed E-state index contributed by atoms with van der Waals surface area (Å²) in [5.41, 5.74) is 2.62. The van der Waals surface area contributed by atoms with Gasteiger partial charge in [-0.05, 0) is 53.1 Å². The fraction of sp³-hybridized carbons (Fsp3) is 0.174. The molecule has 3 nitrogen and oxygen atoms in total. The molecule has 29 heavy (non-hydrogen) atoms. The van der Waals surface area contributed by atoms with Gasteiger partial charge in [0, 0.05) is 16.5 Å². The summed E-state index contributed by atoms with van der Waals surface area (Å²) in [5.74, 6) is -0.524. The van der Waals surface area contributed by atoms with Crippen LogP contribution >= 0.6 is 23.2 Å². The van der Waals surface area contributed by atoms with Gasteiger partial charge in [0.05, 0.1) is 6.04 Å². The molecule has 148 valence electrons. The minimum atomic E-state index is -0.690. The molecule has 1 fully saturated rings. The van der Waals surface area contributed by atoms with Crippen molar-refractivity contribution < 1.29 is 13.9 Å². The van der Waals surface area contributed by atoms with Crippen LogP contribution in [0.1, 0.15) is 28.8 Å². The number of morpholine rings is 1. The van der Waals surface area contributed by atoms with E-state index in [-0.39, 0.29) is 17.8 Å². The summed E-state index contributed by atoms with van der Waals surface area (Å²) in [6.45, 7) is 0. The normalized spacial score (nSPS) is 21.6. The molecule has 0 aliphatic carbocycles. The maximum Gasteiger partial charge on any atom is 0.250 e. The Kier molecular flexibility index (Phi) is 5.86. The topological polar surface area (TPSA) is 38.3 Å². The van der Waals surface area contributed by atoms with Gasteiger partial charge in [0.1, 0.15) is 18.0 Å². The number of rotatable bonds is 4. The second-order valence-corrected chi connectivity index (χ2v) is 7.84. The van der Waals surface area contributed by atoms with Crippen molar-refractivity contribution in [2.24, 2.45) is 0 Å². The number of hydrogen-bond donors (Lipinski definition) is 1. The number of amides is 1. The highest BCUT2D eigenvalue weighted by Gasteiger charge is 2.38. The van der Waals surface area contributed by atoms with Gasteiger partial charge in [0.2, 0.25) is 5.91 Å². The summed E-state index contributed by atoms with van der Waals surface area (Å²) in [7, 11) is 0. The largest absolute Gasteiger partial charge is 0.358 e. The van der Waals surface area contributed by atoms with Gasteiger partial charge in [-0.2, -0.15) is 0 Å². The Balaban J connectivity index is 1.64. The first kappa shape index (κ1) is 19.9. The Morgan fingerprint density at radius 1 is 0.828 bits per heavy atom. The predicted molar refractivity (Wildman–Crippen MR) is 112 cm³/mol. The molecular weight excluding hydrogens is 412 g/mol. The summed E-state index contributed by atoms with van der Waals surface area (Å²) in [4.78, 5) is 12.8. The number of nitrogens with one attached hydrogen (secondary N) is 1. The molecule has 1 aliphatic heterocycles. The van der Waals surface area contributed by atoms with E-state index in [0.29, 0.717) is 16.5 Å². The maximum atomic E-state index is 13.2. The van der Waals surface area contributed by atoms with Crippen LogP contribution < -0.4 is 5.32 Å². The maximum absolute atomic E-state index is 13.2. The third-order valence-corrected chi connectivity index (χ3v) is 5.47. The fourth-order valence-electron chi connectivity index (χ4n) is 3.47. The Labute approximate surface area is 178 Å². The second kappa shape index (κ2) is 8.54.